The van der Waals surface area contributed by atoms with E-state index >= 15 is 0 Å². The Morgan fingerprint density at radius 2 is 2.21 bits per heavy atom. The summed E-state index contributed by atoms with van der Waals surface area (Å²) in [6.07, 6.45) is 0.755. The molecule has 1 aliphatic rings. The van der Waals surface area contributed by atoms with Crippen molar-refractivity contribution in [2.45, 2.75) is 38.8 Å². The zero-order valence-electron chi connectivity index (χ0n) is 11.5. The number of allylic oxidation sites excluding steroid dienone is 1. The lowest BCUT2D eigenvalue weighted by atomic mass is 10.0. The van der Waals surface area contributed by atoms with Crippen LogP contribution in [0, 0.1) is 5.92 Å². The number of hydrogen-bond donors (Lipinski definition) is 2. The predicted octanol–water partition coefficient (Wildman–Crippen LogP) is 2.36. The number of carbonyl (C=O) groups is 1. The molecule has 2 rings (SSSR count). The van der Waals surface area contributed by atoms with Crippen LogP contribution >= 0.6 is 0 Å². The van der Waals surface area contributed by atoms with Crippen LogP contribution in [0.2, 0.25) is 0 Å². The first kappa shape index (κ1) is 13.8. The first-order chi connectivity index (χ1) is 8.99. The summed E-state index contributed by atoms with van der Waals surface area (Å²) in [4.78, 5) is 12.1. The topological polar surface area (TPSA) is 49.3 Å². The summed E-state index contributed by atoms with van der Waals surface area (Å²) in [5, 5.41) is 13.1. The first-order valence-electron chi connectivity index (χ1n) is 6.69. The Kier molecular flexibility index (Phi) is 4.05. The summed E-state index contributed by atoms with van der Waals surface area (Å²) in [7, 11) is 0. The van der Waals surface area contributed by atoms with Crippen molar-refractivity contribution in [2.24, 2.45) is 5.92 Å². The van der Waals surface area contributed by atoms with E-state index < -0.39 is 6.10 Å². The molecule has 3 heteroatoms. The van der Waals surface area contributed by atoms with Gasteiger partial charge >= 0.3 is 0 Å². The summed E-state index contributed by atoms with van der Waals surface area (Å²) in [5.74, 6) is -0.138. The van der Waals surface area contributed by atoms with E-state index in [1.807, 2.05) is 38.1 Å². The zero-order valence-corrected chi connectivity index (χ0v) is 11.5. The van der Waals surface area contributed by atoms with Crippen LogP contribution in [-0.2, 0) is 11.2 Å². The van der Waals surface area contributed by atoms with Crippen molar-refractivity contribution in [3.8, 4) is 0 Å². The molecule has 0 saturated heterocycles. The van der Waals surface area contributed by atoms with Crippen molar-refractivity contribution in [3.63, 3.8) is 0 Å². The summed E-state index contributed by atoms with van der Waals surface area (Å²) in [6.45, 7) is 7.64. The third-order valence-electron chi connectivity index (χ3n) is 3.60. The standard InChI is InChI=1S/C16H21NO2/c1-10(2)8-11(3)16(19)17-15-13-7-5-4-6-12(13)9-14(15)18/h4-7,11,14-15,18H,1,8-9H2,2-3H3,(H,17,19)/t11?,14-,15-/m0/s1. The molecule has 1 amide bonds. The second-order valence-corrected chi connectivity index (χ2v) is 5.52. The highest BCUT2D eigenvalue weighted by Gasteiger charge is 2.32. The molecule has 3 atom stereocenters. The first-order valence-corrected chi connectivity index (χ1v) is 6.69. The highest BCUT2D eigenvalue weighted by Crippen LogP contribution is 2.31. The third-order valence-corrected chi connectivity index (χ3v) is 3.60. The molecule has 0 aliphatic heterocycles. The molecule has 0 fully saturated rings. The lowest BCUT2D eigenvalue weighted by molar-refractivity contribution is -0.126. The number of benzene rings is 1. The van der Waals surface area contributed by atoms with Crippen LogP contribution in [0.4, 0.5) is 0 Å². The quantitative estimate of drug-likeness (QED) is 0.816. The molecule has 3 nitrogen and oxygen atoms in total. The van der Waals surface area contributed by atoms with Gasteiger partial charge in [-0.15, -0.1) is 6.58 Å². The molecular weight excluding hydrogens is 238 g/mol. The second kappa shape index (κ2) is 5.57. The average molecular weight is 259 g/mol. The maximum atomic E-state index is 12.1. The lowest BCUT2D eigenvalue weighted by Crippen LogP contribution is -2.37. The summed E-state index contributed by atoms with van der Waals surface area (Å²) in [6, 6.07) is 7.59. The number of carbonyl (C=O) groups excluding carboxylic acids is 1. The molecule has 1 aromatic carbocycles. The monoisotopic (exact) mass is 259 g/mol. The Labute approximate surface area is 114 Å². The molecule has 0 saturated carbocycles. The maximum Gasteiger partial charge on any atom is 0.223 e. The van der Waals surface area contributed by atoms with Gasteiger partial charge in [-0.05, 0) is 24.5 Å². The predicted molar refractivity (Wildman–Crippen MR) is 75.6 cm³/mol. The van der Waals surface area contributed by atoms with Crippen LogP contribution < -0.4 is 5.32 Å². The SMILES string of the molecule is C=C(C)CC(C)C(=O)N[C@H]1c2ccccc2C[C@@H]1O. The van der Waals surface area contributed by atoms with Crippen molar-refractivity contribution in [1.29, 1.82) is 0 Å². The van der Waals surface area contributed by atoms with Crippen molar-refractivity contribution in [1.82, 2.24) is 5.32 Å². The number of aliphatic hydroxyl groups is 1. The highest BCUT2D eigenvalue weighted by atomic mass is 16.3. The van der Waals surface area contributed by atoms with Gasteiger partial charge in [0.25, 0.3) is 0 Å². The Bertz CT molecular complexity index is 495. The van der Waals surface area contributed by atoms with Gasteiger partial charge in [-0.2, -0.15) is 0 Å². The van der Waals surface area contributed by atoms with Crippen molar-refractivity contribution >= 4 is 5.91 Å². The van der Waals surface area contributed by atoms with Crippen molar-refractivity contribution in [3.05, 3.63) is 47.5 Å². The van der Waals surface area contributed by atoms with Gasteiger partial charge < -0.3 is 10.4 Å². The van der Waals surface area contributed by atoms with Crippen LogP contribution in [-0.4, -0.2) is 17.1 Å². The number of aliphatic hydroxyl groups excluding tert-OH is 1. The van der Waals surface area contributed by atoms with Crippen LogP contribution in [0.1, 0.15) is 37.4 Å². The van der Waals surface area contributed by atoms with Crippen LogP contribution in [0.25, 0.3) is 0 Å². The molecule has 1 aliphatic carbocycles. The van der Waals surface area contributed by atoms with E-state index in [0.29, 0.717) is 12.8 Å². The van der Waals surface area contributed by atoms with Gasteiger partial charge in [0, 0.05) is 12.3 Å². The van der Waals surface area contributed by atoms with E-state index in [0.717, 1.165) is 16.7 Å². The van der Waals surface area contributed by atoms with Crippen molar-refractivity contribution < 1.29 is 9.90 Å². The largest absolute Gasteiger partial charge is 0.390 e. The second-order valence-electron chi connectivity index (χ2n) is 5.52. The van der Waals surface area contributed by atoms with Gasteiger partial charge in [0.2, 0.25) is 5.91 Å². The van der Waals surface area contributed by atoms with Gasteiger partial charge in [-0.25, -0.2) is 0 Å². The number of hydrogen-bond acceptors (Lipinski definition) is 2. The number of fused-ring (bicyclic) bond motifs is 1. The van der Waals surface area contributed by atoms with Gasteiger partial charge in [-0.3, -0.25) is 4.79 Å². The molecule has 0 bridgehead atoms. The van der Waals surface area contributed by atoms with Gasteiger partial charge in [0.15, 0.2) is 0 Å². The minimum absolute atomic E-state index is 0.0243. The number of amides is 1. The molecule has 1 aromatic rings. The van der Waals surface area contributed by atoms with Crippen LogP contribution in [0.15, 0.2) is 36.4 Å². The molecular formula is C16H21NO2. The van der Waals surface area contributed by atoms with E-state index in [1.54, 1.807) is 0 Å². The normalized spacial score (nSPS) is 22.7. The number of rotatable bonds is 4. The molecule has 2 N–H and O–H groups in total. The Balaban J connectivity index is 2.07. The fraction of sp³-hybridized carbons (Fsp3) is 0.438. The fourth-order valence-corrected chi connectivity index (χ4v) is 2.66. The molecule has 0 heterocycles. The maximum absolute atomic E-state index is 12.1. The highest BCUT2D eigenvalue weighted by molar-refractivity contribution is 5.79. The van der Waals surface area contributed by atoms with Crippen molar-refractivity contribution in [2.75, 3.05) is 0 Å². The Morgan fingerprint density at radius 3 is 2.89 bits per heavy atom. The Hall–Kier alpha value is -1.61. The zero-order chi connectivity index (χ0) is 14.0. The summed E-state index contributed by atoms with van der Waals surface area (Å²) >= 11 is 0. The summed E-state index contributed by atoms with van der Waals surface area (Å²) < 4.78 is 0. The van der Waals surface area contributed by atoms with Crippen LogP contribution in [0.3, 0.4) is 0 Å². The van der Waals surface area contributed by atoms with Gasteiger partial charge in [-0.1, -0.05) is 36.8 Å². The smallest absolute Gasteiger partial charge is 0.223 e. The minimum Gasteiger partial charge on any atom is -0.390 e. The molecule has 102 valence electrons. The van der Waals surface area contributed by atoms with E-state index in [2.05, 4.69) is 11.9 Å². The van der Waals surface area contributed by atoms with Gasteiger partial charge in [0.05, 0.1) is 12.1 Å². The molecule has 1 unspecified atom stereocenters. The fourth-order valence-electron chi connectivity index (χ4n) is 2.66. The third kappa shape index (κ3) is 3.04. The van der Waals surface area contributed by atoms with E-state index in [1.165, 1.54) is 0 Å². The van der Waals surface area contributed by atoms with E-state index in [9.17, 15) is 9.90 Å². The van der Waals surface area contributed by atoms with E-state index in [4.69, 9.17) is 0 Å². The Morgan fingerprint density at radius 1 is 1.53 bits per heavy atom. The average Bonchev–Trinajstić information content (AvgIpc) is 2.65. The van der Waals surface area contributed by atoms with Gasteiger partial charge in [0.1, 0.15) is 0 Å². The molecule has 0 radical (unpaired) electrons. The molecule has 19 heavy (non-hydrogen) atoms. The molecule has 0 aromatic heterocycles. The van der Waals surface area contributed by atoms with E-state index in [-0.39, 0.29) is 17.9 Å². The lowest BCUT2D eigenvalue weighted by Gasteiger charge is -2.20. The van der Waals surface area contributed by atoms with Crippen LogP contribution in [0.5, 0.6) is 0 Å². The molecule has 0 spiro atoms. The summed E-state index contributed by atoms with van der Waals surface area (Å²) in [5.41, 5.74) is 3.15. The minimum atomic E-state index is -0.529. The number of nitrogens with one attached hydrogen (secondary N) is 1.